The predicted molar refractivity (Wildman–Crippen MR) is 69.3 cm³/mol. The van der Waals surface area contributed by atoms with Crippen molar-refractivity contribution in [2.75, 3.05) is 20.7 Å². The Morgan fingerprint density at radius 2 is 2.16 bits per heavy atom. The molecule has 2 unspecified atom stereocenters. The van der Waals surface area contributed by atoms with Gasteiger partial charge in [-0.2, -0.15) is 0 Å². The summed E-state index contributed by atoms with van der Waals surface area (Å²) in [6.45, 7) is 3.66. The number of hydrogen-bond acceptors (Lipinski definition) is 4. The Morgan fingerprint density at radius 3 is 2.63 bits per heavy atom. The van der Waals surface area contributed by atoms with Gasteiger partial charge in [0.05, 0.1) is 13.7 Å². The normalized spacial score (nSPS) is 27.5. The van der Waals surface area contributed by atoms with Gasteiger partial charge in [0.15, 0.2) is 0 Å². The Bertz CT molecular complexity index is 313. The van der Waals surface area contributed by atoms with E-state index in [4.69, 9.17) is 4.74 Å². The van der Waals surface area contributed by atoms with Crippen LogP contribution in [0.1, 0.15) is 33.1 Å². The van der Waals surface area contributed by atoms with Crippen molar-refractivity contribution in [3.8, 4) is 0 Å². The van der Waals surface area contributed by atoms with Gasteiger partial charge in [-0.1, -0.05) is 0 Å². The summed E-state index contributed by atoms with van der Waals surface area (Å²) in [5.74, 6) is -0.297. The summed E-state index contributed by atoms with van der Waals surface area (Å²) < 4.78 is 29.7. The van der Waals surface area contributed by atoms with Crippen LogP contribution in [0.15, 0.2) is 0 Å². The molecule has 2 atom stereocenters. The molecule has 4 nitrogen and oxygen atoms in total. The van der Waals surface area contributed by atoms with Gasteiger partial charge in [0.25, 0.3) is 6.43 Å². The van der Waals surface area contributed by atoms with E-state index in [1.54, 1.807) is 11.9 Å². The molecule has 0 radical (unpaired) electrons. The molecule has 1 N–H and O–H groups in total. The van der Waals surface area contributed by atoms with Gasteiger partial charge in [0.2, 0.25) is 0 Å². The molecule has 1 aliphatic rings. The van der Waals surface area contributed by atoms with Crippen molar-refractivity contribution in [3.63, 3.8) is 0 Å². The highest BCUT2D eigenvalue weighted by Gasteiger charge is 2.47. The standard InChI is InChI=1S/C13H24F2N2O2/c1-9(2)16-13(12(18)19-4)6-5-10(7-13)17(3)8-11(14)15/h9-11,16H,5-8H2,1-4H3. The number of nitrogens with zero attached hydrogens (tertiary/aromatic N) is 1. The highest BCUT2D eigenvalue weighted by Crippen LogP contribution is 2.34. The number of alkyl halides is 2. The predicted octanol–water partition coefficient (Wildman–Crippen LogP) is 1.65. The maximum Gasteiger partial charge on any atom is 0.326 e. The second kappa shape index (κ2) is 6.61. The molecule has 0 bridgehead atoms. The summed E-state index contributed by atoms with van der Waals surface area (Å²) in [5.41, 5.74) is -0.732. The monoisotopic (exact) mass is 278 g/mol. The Labute approximate surface area is 113 Å². The van der Waals surface area contributed by atoms with Gasteiger partial charge in [0, 0.05) is 12.1 Å². The molecule has 0 aliphatic heterocycles. The molecular formula is C13H24F2N2O2. The summed E-state index contributed by atoms with van der Waals surface area (Å²) in [6.07, 6.45) is -0.494. The number of carbonyl (C=O) groups excluding carboxylic acids is 1. The molecule has 6 heteroatoms. The van der Waals surface area contributed by atoms with Crippen LogP contribution in [0.5, 0.6) is 0 Å². The number of carbonyl (C=O) groups is 1. The number of esters is 1. The molecule has 1 fully saturated rings. The molecule has 1 rings (SSSR count). The number of halogens is 2. The molecule has 0 aromatic carbocycles. The minimum atomic E-state index is -2.35. The Morgan fingerprint density at radius 1 is 1.53 bits per heavy atom. The van der Waals surface area contributed by atoms with Gasteiger partial charge in [-0.3, -0.25) is 15.0 Å². The highest BCUT2D eigenvalue weighted by atomic mass is 19.3. The highest BCUT2D eigenvalue weighted by molar-refractivity contribution is 5.81. The van der Waals surface area contributed by atoms with E-state index in [-0.39, 0.29) is 24.6 Å². The zero-order valence-electron chi connectivity index (χ0n) is 12.1. The summed E-state index contributed by atoms with van der Waals surface area (Å²) in [5, 5.41) is 3.26. The first kappa shape index (κ1) is 16.3. The smallest absolute Gasteiger partial charge is 0.326 e. The average molecular weight is 278 g/mol. The fourth-order valence-electron chi connectivity index (χ4n) is 2.89. The van der Waals surface area contributed by atoms with E-state index in [1.807, 2.05) is 13.8 Å². The van der Waals surface area contributed by atoms with Crippen molar-refractivity contribution in [1.82, 2.24) is 10.2 Å². The lowest BCUT2D eigenvalue weighted by atomic mass is 9.96. The fourth-order valence-corrected chi connectivity index (χ4v) is 2.89. The van der Waals surface area contributed by atoms with Gasteiger partial charge >= 0.3 is 5.97 Å². The fraction of sp³-hybridized carbons (Fsp3) is 0.923. The SMILES string of the molecule is COC(=O)C1(NC(C)C)CCC(N(C)CC(F)F)C1. The summed E-state index contributed by atoms with van der Waals surface area (Å²) >= 11 is 0. The molecule has 0 amide bonds. The van der Waals surface area contributed by atoms with E-state index in [2.05, 4.69) is 5.32 Å². The Hall–Kier alpha value is -0.750. The van der Waals surface area contributed by atoms with Crippen LogP contribution in [0.25, 0.3) is 0 Å². The van der Waals surface area contributed by atoms with Gasteiger partial charge in [-0.05, 0) is 40.2 Å². The first-order valence-corrected chi connectivity index (χ1v) is 6.65. The number of rotatable bonds is 6. The van der Waals surface area contributed by atoms with Gasteiger partial charge < -0.3 is 4.74 Å². The molecule has 0 aromatic heterocycles. The van der Waals surface area contributed by atoms with Crippen LogP contribution in [0.4, 0.5) is 8.78 Å². The van der Waals surface area contributed by atoms with E-state index in [0.29, 0.717) is 12.8 Å². The molecular weight excluding hydrogens is 254 g/mol. The van der Waals surface area contributed by atoms with Crippen molar-refractivity contribution in [3.05, 3.63) is 0 Å². The zero-order chi connectivity index (χ0) is 14.6. The third kappa shape index (κ3) is 4.11. The molecule has 19 heavy (non-hydrogen) atoms. The van der Waals surface area contributed by atoms with Crippen molar-refractivity contribution >= 4 is 5.97 Å². The minimum absolute atomic E-state index is 0.0145. The number of nitrogens with one attached hydrogen (secondary N) is 1. The number of methoxy groups -OCH3 is 1. The Balaban J connectivity index is 2.74. The van der Waals surface area contributed by atoms with Crippen LogP contribution in [0, 0.1) is 0 Å². The molecule has 0 saturated heterocycles. The largest absolute Gasteiger partial charge is 0.468 e. The second-order valence-corrected chi connectivity index (χ2v) is 5.60. The second-order valence-electron chi connectivity index (χ2n) is 5.60. The van der Waals surface area contributed by atoms with Gasteiger partial charge in [0.1, 0.15) is 5.54 Å². The van der Waals surface area contributed by atoms with Crippen LogP contribution >= 0.6 is 0 Å². The van der Waals surface area contributed by atoms with Crippen LogP contribution < -0.4 is 5.32 Å². The first-order chi connectivity index (χ1) is 8.80. The van der Waals surface area contributed by atoms with Crippen molar-refractivity contribution < 1.29 is 18.3 Å². The lowest BCUT2D eigenvalue weighted by Gasteiger charge is -2.31. The lowest BCUT2D eigenvalue weighted by Crippen LogP contribution is -2.54. The van der Waals surface area contributed by atoms with E-state index in [9.17, 15) is 13.6 Å². The zero-order valence-corrected chi connectivity index (χ0v) is 12.1. The van der Waals surface area contributed by atoms with E-state index < -0.39 is 12.0 Å². The van der Waals surface area contributed by atoms with Crippen LogP contribution in [0.3, 0.4) is 0 Å². The molecule has 1 aliphatic carbocycles. The van der Waals surface area contributed by atoms with E-state index in [0.717, 1.165) is 6.42 Å². The number of ether oxygens (including phenoxy) is 1. The molecule has 1 saturated carbocycles. The summed E-state index contributed by atoms with van der Waals surface area (Å²) in [7, 11) is 3.04. The van der Waals surface area contributed by atoms with Crippen molar-refractivity contribution in [2.24, 2.45) is 0 Å². The molecule has 112 valence electrons. The van der Waals surface area contributed by atoms with Crippen molar-refractivity contribution in [1.29, 1.82) is 0 Å². The quantitative estimate of drug-likeness (QED) is 0.750. The molecule has 0 spiro atoms. The third-order valence-electron chi connectivity index (χ3n) is 3.68. The maximum absolute atomic E-state index is 12.4. The van der Waals surface area contributed by atoms with Crippen LogP contribution in [-0.4, -0.2) is 55.6 Å². The lowest BCUT2D eigenvalue weighted by molar-refractivity contribution is -0.149. The summed E-state index contributed by atoms with van der Waals surface area (Å²) in [6, 6.07) is 0.123. The Kier molecular flexibility index (Phi) is 5.67. The van der Waals surface area contributed by atoms with E-state index >= 15 is 0 Å². The first-order valence-electron chi connectivity index (χ1n) is 6.65. The maximum atomic E-state index is 12.4. The topological polar surface area (TPSA) is 41.6 Å². The van der Waals surface area contributed by atoms with Crippen LogP contribution in [-0.2, 0) is 9.53 Å². The minimum Gasteiger partial charge on any atom is -0.468 e. The van der Waals surface area contributed by atoms with Gasteiger partial charge in [-0.15, -0.1) is 0 Å². The molecule has 0 aromatic rings. The summed E-state index contributed by atoms with van der Waals surface area (Å²) in [4.78, 5) is 13.6. The van der Waals surface area contributed by atoms with Crippen LogP contribution in [0.2, 0.25) is 0 Å². The average Bonchev–Trinajstić information content (AvgIpc) is 2.71. The van der Waals surface area contributed by atoms with Gasteiger partial charge in [-0.25, -0.2) is 8.78 Å². The third-order valence-corrected chi connectivity index (χ3v) is 3.68. The van der Waals surface area contributed by atoms with E-state index in [1.165, 1.54) is 7.11 Å². The molecule has 0 heterocycles. The number of hydrogen-bond donors (Lipinski definition) is 1. The van der Waals surface area contributed by atoms with Crippen molar-refractivity contribution in [2.45, 2.75) is 57.2 Å².